The second kappa shape index (κ2) is 10.3. The molecular formula is C23H43N. The fourth-order valence-electron chi connectivity index (χ4n) is 4.23. The number of hydrogen-bond acceptors (Lipinski definition) is 1. The fourth-order valence-corrected chi connectivity index (χ4v) is 4.23. The molecule has 1 heteroatoms. The van der Waals surface area contributed by atoms with Gasteiger partial charge in [-0.3, -0.25) is 0 Å². The topological polar surface area (TPSA) is 12.0 Å². The van der Waals surface area contributed by atoms with Gasteiger partial charge in [0.25, 0.3) is 0 Å². The van der Waals surface area contributed by atoms with Gasteiger partial charge >= 0.3 is 0 Å². The summed E-state index contributed by atoms with van der Waals surface area (Å²) in [6, 6.07) is 0.659. The average molecular weight is 334 g/mol. The van der Waals surface area contributed by atoms with E-state index >= 15 is 0 Å². The minimum Gasteiger partial charge on any atom is -0.386 e. The van der Waals surface area contributed by atoms with Crippen LogP contribution in [0, 0.1) is 17.3 Å². The maximum absolute atomic E-state index is 4.39. The second-order valence-electron chi connectivity index (χ2n) is 8.92. The predicted octanol–water partition coefficient (Wildman–Crippen LogP) is 7.25. The summed E-state index contributed by atoms with van der Waals surface area (Å²) in [6.07, 6.45) is 13.3. The molecule has 1 saturated carbocycles. The van der Waals surface area contributed by atoms with Crippen molar-refractivity contribution in [3.8, 4) is 0 Å². The molecule has 0 bridgehead atoms. The van der Waals surface area contributed by atoms with Crippen LogP contribution in [0.15, 0.2) is 24.4 Å². The largest absolute Gasteiger partial charge is 0.386 e. The maximum atomic E-state index is 4.39. The van der Waals surface area contributed by atoms with Crippen molar-refractivity contribution in [2.24, 2.45) is 17.3 Å². The Morgan fingerprint density at radius 3 is 2.42 bits per heavy atom. The van der Waals surface area contributed by atoms with E-state index in [1.54, 1.807) is 0 Å². The molecule has 0 aliphatic heterocycles. The first-order valence-corrected chi connectivity index (χ1v) is 10.4. The predicted molar refractivity (Wildman–Crippen MR) is 109 cm³/mol. The molecule has 3 atom stereocenters. The molecule has 140 valence electrons. The molecule has 0 aromatic heterocycles. The molecule has 0 aromatic carbocycles. The van der Waals surface area contributed by atoms with Crippen LogP contribution >= 0.6 is 0 Å². The van der Waals surface area contributed by atoms with Crippen LogP contribution in [-0.4, -0.2) is 6.04 Å². The number of hydrogen-bond donors (Lipinski definition) is 1. The molecule has 1 fully saturated rings. The second-order valence-corrected chi connectivity index (χ2v) is 8.92. The van der Waals surface area contributed by atoms with Crippen LogP contribution in [0.25, 0.3) is 0 Å². The third-order valence-corrected chi connectivity index (χ3v) is 6.32. The summed E-state index contributed by atoms with van der Waals surface area (Å²) in [5, 5.41) is 3.57. The number of unbranched alkanes of at least 4 members (excludes halogenated alkanes) is 3. The van der Waals surface area contributed by atoms with Gasteiger partial charge in [-0.25, -0.2) is 0 Å². The lowest BCUT2D eigenvalue weighted by atomic mass is 9.78. The highest BCUT2D eigenvalue weighted by Gasteiger charge is 2.31. The maximum Gasteiger partial charge on any atom is 0.0286 e. The van der Waals surface area contributed by atoms with Crippen LogP contribution in [0.5, 0.6) is 0 Å². The third kappa shape index (κ3) is 7.03. The van der Waals surface area contributed by atoms with Crippen molar-refractivity contribution in [2.75, 3.05) is 0 Å². The van der Waals surface area contributed by atoms with Crippen molar-refractivity contribution >= 4 is 0 Å². The molecule has 1 nitrogen and oxygen atoms in total. The van der Waals surface area contributed by atoms with E-state index in [2.05, 4.69) is 53.1 Å². The van der Waals surface area contributed by atoms with E-state index in [-0.39, 0.29) is 0 Å². The van der Waals surface area contributed by atoms with Gasteiger partial charge < -0.3 is 5.32 Å². The van der Waals surface area contributed by atoms with E-state index in [4.69, 9.17) is 0 Å². The molecule has 1 aliphatic rings. The van der Waals surface area contributed by atoms with E-state index in [9.17, 15) is 0 Å². The van der Waals surface area contributed by atoms with Crippen LogP contribution in [-0.2, 0) is 0 Å². The van der Waals surface area contributed by atoms with Crippen LogP contribution in [0.3, 0.4) is 0 Å². The van der Waals surface area contributed by atoms with Gasteiger partial charge in [-0.2, -0.15) is 0 Å². The minimum absolute atomic E-state index is 0.331. The molecule has 0 heterocycles. The van der Waals surface area contributed by atoms with Crippen molar-refractivity contribution in [1.82, 2.24) is 5.32 Å². The normalized spacial score (nSPS) is 24.1. The lowest BCUT2D eigenvalue weighted by Crippen LogP contribution is -2.31. The summed E-state index contributed by atoms with van der Waals surface area (Å²) in [5.41, 5.74) is 2.92. The lowest BCUT2D eigenvalue weighted by molar-refractivity contribution is 0.337. The molecule has 1 N–H and O–H groups in total. The van der Waals surface area contributed by atoms with Crippen molar-refractivity contribution in [3.63, 3.8) is 0 Å². The molecule has 0 saturated heterocycles. The molecule has 1 aliphatic carbocycles. The van der Waals surface area contributed by atoms with Crippen LogP contribution < -0.4 is 5.32 Å². The highest BCUT2D eigenvalue weighted by Crippen LogP contribution is 2.37. The van der Waals surface area contributed by atoms with Crippen LogP contribution in [0.1, 0.15) is 98.8 Å². The molecule has 0 aromatic rings. The van der Waals surface area contributed by atoms with Gasteiger partial charge in [-0.1, -0.05) is 78.5 Å². The molecule has 0 amide bonds. The summed E-state index contributed by atoms with van der Waals surface area (Å²) >= 11 is 0. The zero-order chi connectivity index (χ0) is 18.2. The molecule has 1 rings (SSSR count). The molecule has 0 spiro atoms. The Bertz CT molecular complexity index is 393. The smallest absolute Gasteiger partial charge is 0.0286 e. The van der Waals surface area contributed by atoms with Gasteiger partial charge in [-0.05, 0) is 56.3 Å². The first-order chi connectivity index (χ1) is 11.3. The highest BCUT2D eigenvalue weighted by molar-refractivity contribution is 5.06. The minimum atomic E-state index is 0.331. The Balaban J connectivity index is 2.18. The Labute approximate surface area is 152 Å². The van der Waals surface area contributed by atoms with Crippen molar-refractivity contribution < 1.29 is 0 Å². The van der Waals surface area contributed by atoms with Crippen molar-refractivity contribution in [1.29, 1.82) is 0 Å². The van der Waals surface area contributed by atoms with E-state index in [1.807, 2.05) is 0 Å². The molecule has 0 radical (unpaired) electrons. The Morgan fingerprint density at radius 1 is 1.08 bits per heavy atom. The lowest BCUT2D eigenvalue weighted by Gasteiger charge is -2.27. The van der Waals surface area contributed by atoms with Gasteiger partial charge in [-0.15, -0.1) is 0 Å². The summed E-state index contributed by atoms with van der Waals surface area (Å²) in [7, 11) is 0. The Hall–Kier alpha value is -0.720. The van der Waals surface area contributed by atoms with Gasteiger partial charge in [0.05, 0.1) is 0 Å². The summed E-state index contributed by atoms with van der Waals surface area (Å²) < 4.78 is 0. The summed E-state index contributed by atoms with van der Waals surface area (Å²) in [6.45, 7) is 19.9. The van der Waals surface area contributed by atoms with Gasteiger partial charge in [0.15, 0.2) is 0 Å². The van der Waals surface area contributed by atoms with Gasteiger partial charge in [0, 0.05) is 11.7 Å². The summed E-state index contributed by atoms with van der Waals surface area (Å²) in [5.74, 6) is 1.70. The first-order valence-electron chi connectivity index (χ1n) is 10.4. The first kappa shape index (κ1) is 21.3. The summed E-state index contributed by atoms with van der Waals surface area (Å²) in [4.78, 5) is 0. The van der Waals surface area contributed by atoms with E-state index in [0.717, 1.165) is 17.5 Å². The number of nitrogens with one attached hydrogen (secondary N) is 1. The molecule has 24 heavy (non-hydrogen) atoms. The Morgan fingerprint density at radius 2 is 1.79 bits per heavy atom. The number of allylic oxidation sites excluding steroid dienone is 2. The van der Waals surface area contributed by atoms with E-state index in [1.165, 1.54) is 69.8 Å². The third-order valence-electron chi connectivity index (χ3n) is 6.32. The van der Waals surface area contributed by atoms with Crippen molar-refractivity contribution in [2.45, 2.75) is 105 Å². The van der Waals surface area contributed by atoms with Crippen LogP contribution in [0.4, 0.5) is 0 Å². The monoisotopic (exact) mass is 333 g/mol. The van der Waals surface area contributed by atoms with E-state index < -0.39 is 0 Å². The van der Waals surface area contributed by atoms with Crippen molar-refractivity contribution in [3.05, 3.63) is 24.4 Å². The number of rotatable bonds is 12. The zero-order valence-corrected chi connectivity index (χ0v) is 17.2. The van der Waals surface area contributed by atoms with Crippen LogP contribution in [0.2, 0.25) is 0 Å². The zero-order valence-electron chi connectivity index (χ0n) is 17.2. The quantitative estimate of drug-likeness (QED) is 0.293. The SMILES string of the molecule is C=C(C)NC1CCC(CCCCCC(=C)C(C)(C)CCCC)C1C. The molecule has 3 unspecified atom stereocenters. The fraction of sp³-hybridized carbons (Fsp3) is 0.826. The highest BCUT2D eigenvalue weighted by atomic mass is 14.9. The van der Waals surface area contributed by atoms with Gasteiger partial charge in [0.2, 0.25) is 0 Å². The Kier molecular flexibility index (Phi) is 9.16. The molecular weight excluding hydrogens is 290 g/mol. The average Bonchev–Trinajstić information content (AvgIpc) is 2.85. The van der Waals surface area contributed by atoms with Gasteiger partial charge in [0.1, 0.15) is 0 Å². The van der Waals surface area contributed by atoms with E-state index in [0.29, 0.717) is 11.5 Å². The standard InChI is InChI=1S/C23H43N/c1-8-9-17-23(6,7)19(4)13-11-10-12-14-21-15-16-22(20(21)5)24-18(2)3/h20-22,24H,2,4,8-17H2,1,3,5-7H3.